The van der Waals surface area contributed by atoms with Gasteiger partial charge in [0.25, 0.3) is 10.2 Å². The van der Waals surface area contributed by atoms with Gasteiger partial charge in [-0.15, -0.1) is 0 Å². The molecule has 0 unspecified atom stereocenters. The third-order valence-electron chi connectivity index (χ3n) is 3.03. The van der Waals surface area contributed by atoms with Crippen LogP contribution in [0, 0.1) is 0 Å². The first kappa shape index (κ1) is 13.8. The Bertz CT molecular complexity index is 346. The molecule has 0 saturated heterocycles. The summed E-state index contributed by atoms with van der Waals surface area (Å²) in [5.41, 5.74) is 4.97. The molecule has 0 heterocycles. The van der Waals surface area contributed by atoms with E-state index in [1.54, 1.807) is 0 Å². The molecule has 0 bridgehead atoms. The van der Waals surface area contributed by atoms with Gasteiger partial charge in [-0.2, -0.15) is 13.1 Å². The van der Waals surface area contributed by atoms with E-state index in [0.717, 1.165) is 25.7 Å². The average Bonchev–Trinajstić information content (AvgIpc) is 2.44. The van der Waals surface area contributed by atoms with E-state index < -0.39 is 15.7 Å². The van der Waals surface area contributed by atoms with Gasteiger partial charge in [-0.1, -0.05) is 37.9 Å². The summed E-state index contributed by atoms with van der Waals surface area (Å²) in [5, 5.41) is 0. The monoisotopic (exact) mass is 265 g/mol. The van der Waals surface area contributed by atoms with Gasteiger partial charge in [0.2, 0.25) is 0 Å². The summed E-state index contributed by atoms with van der Waals surface area (Å²) in [4.78, 5) is 0.244. The summed E-state index contributed by atoms with van der Waals surface area (Å²) < 4.78 is 27.9. The van der Waals surface area contributed by atoms with Gasteiger partial charge in [0.1, 0.15) is 0 Å². The first-order valence-corrected chi connectivity index (χ1v) is 7.33. The van der Waals surface area contributed by atoms with E-state index in [1.807, 2.05) is 0 Å². The Hall–Kier alpha value is -0.240. The van der Waals surface area contributed by atoms with E-state index in [4.69, 9.17) is 18.0 Å². The number of rotatable bonds is 4. The Morgan fingerprint density at radius 1 is 1.25 bits per heavy atom. The lowest BCUT2D eigenvalue weighted by atomic mass is 9.91. The molecule has 1 aliphatic rings. The van der Waals surface area contributed by atoms with Gasteiger partial charge in [-0.3, -0.25) is 0 Å². The molecule has 94 valence electrons. The molecule has 0 spiro atoms. The van der Waals surface area contributed by atoms with Crippen LogP contribution in [-0.2, 0) is 10.2 Å². The number of nitrogens with one attached hydrogen (secondary N) is 2. The molecule has 1 aliphatic carbocycles. The van der Waals surface area contributed by atoms with Crippen LogP contribution in [0.15, 0.2) is 0 Å². The van der Waals surface area contributed by atoms with Crippen molar-refractivity contribution < 1.29 is 8.42 Å². The van der Waals surface area contributed by atoms with Crippen molar-refractivity contribution in [1.29, 1.82) is 0 Å². The van der Waals surface area contributed by atoms with Crippen LogP contribution in [0.4, 0.5) is 0 Å². The Kier molecular flexibility index (Phi) is 4.66. The fraction of sp³-hybridized carbons (Fsp3) is 0.889. The van der Waals surface area contributed by atoms with E-state index in [0.29, 0.717) is 12.8 Å². The van der Waals surface area contributed by atoms with Crippen molar-refractivity contribution >= 4 is 27.4 Å². The Morgan fingerprint density at radius 3 is 2.12 bits per heavy atom. The molecule has 0 aromatic heterocycles. The second-order valence-corrected chi connectivity index (χ2v) is 6.23. The zero-order chi connectivity index (χ0) is 12.2. The van der Waals surface area contributed by atoms with Gasteiger partial charge >= 0.3 is 0 Å². The molecule has 4 N–H and O–H groups in total. The van der Waals surface area contributed by atoms with Gasteiger partial charge in [0, 0.05) is 7.05 Å². The van der Waals surface area contributed by atoms with E-state index >= 15 is 0 Å². The van der Waals surface area contributed by atoms with Gasteiger partial charge in [-0.05, 0) is 12.8 Å². The van der Waals surface area contributed by atoms with Crippen LogP contribution in [0.3, 0.4) is 0 Å². The Labute approximate surface area is 102 Å². The largest absolute Gasteiger partial charge is 0.392 e. The van der Waals surface area contributed by atoms with Crippen molar-refractivity contribution in [2.75, 3.05) is 7.05 Å². The highest BCUT2D eigenvalue weighted by atomic mass is 32.2. The average molecular weight is 265 g/mol. The van der Waals surface area contributed by atoms with E-state index in [-0.39, 0.29) is 4.99 Å². The molecule has 0 aliphatic heterocycles. The molecule has 0 aromatic carbocycles. The molecule has 1 saturated carbocycles. The maximum Gasteiger partial charge on any atom is 0.277 e. The third kappa shape index (κ3) is 3.38. The lowest BCUT2D eigenvalue weighted by Gasteiger charge is -2.32. The first-order chi connectivity index (χ1) is 7.42. The normalized spacial score (nSPS) is 21.3. The predicted molar refractivity (Wildman–Crippen MR) is 68.3 cm³/mol. The fourth-order valence-electron chi connectivity index (χ4n) is 2.04. The van der Waals surface area contributed by atoms with Crippen LogP contribution in [-0.4, -0.2) is 26.0 Å². The summed E-state index contributed by atoms with van der Waals surface area (Å²) in [7, 11) is -2.14. The van der Waals surface area contributed by atoms with Crippen LogP contribution >= 0.6 is 12.2 Å². The van der Waals surface area contributed by atoms with Gasteiger partial charge in [0.05, 0.1) is 10.5 Å². The topological polar surface area (TPSA) is 84.2 Å². The van der Waals surface area contributed by atoms with Gasteiger partial charge < -0.3 is 5.73 Å². The highest BCUT2D eigenvalue weighted by Crippen LogP contribution is 2.28. The zero-order valence-electron chi connectivity index (χ0n) is 9.45. The second-order valence-electron chi connectivity index (χ2n) is 4.17. The Morgan fingerprint density at radius 2 is 1.75 bits per heavy atom. The lowest BCUT2D eigenvalue weighted by Crippen LogP contribution is -2.58. The minimum atomic E-state index is -3.51. The highest BCUT2D eigenvalue weighted by molar-refractivity contribution is 7.87. The van der Waals surface area contributed by atoms with E-state index in [9.17, 15) is 8.42 Å². The van der Waals surface area contributed by atoms with Gasteiger partial charge in [-0.25, -0.2) is 4.72 Å². The molecule has 0 radical (unpaired) electrons. The van der Waals surface area contributed by atoms with Crippen molar-refractivity contribution in [2.45, 2.75) is 44.1 Å². The number of thiocarbonyl (C=S) groups is 1. The summed E-state index contributed by atoms with van der Waals surface area (Å²) in [6, 6.07) is 0. The van der Waals surface area contributed by atoms with Crippen molar-refractivity contribution in [3.8, 4) is 0 Å². The first-order valence-electron chi connectivity index (χ1n) is 5.44. The standard InChI is InChI=1S/C9H19N3O2S2/c1-11-16(13,14)12-9(8(10)15)6-4-2-3-5-7-9/h11-12H,2-7H2,1H3,(H2,10,15). The fourth-order valence-corrected chi connectivity index (χ4v) is 3.29. The third-order valence-corrected chi connectivity index (χ3v) is 4.61. The number of hydrogen-bond acceptors (Lipinski definition) is 3. The predicted octanol–water partition coefficient (Wildman–Crippen LogP) is 0.419. The van der Waals surface area contributed by atoms with Crippen molar-refractivity contribution in [2.24, 2.45) is 5.73 Å². The molecule has 1 fully saturated rings. The minimum absolute atomic E-state index is 0.244. The van der Waals surface area contributed by atoms with Gasteiger partial charge in [0.15, 0.2) is 0 Å². The van der Waals surface area contributed by atoms with Crippen molar-refractivity contribution in [3.63, 3.8) is 0 Å². The molecule has 0 amide bonds. The van der Waals surface area contributed by atoms with E-state index in [2.05, 4.69) is 9.44 Å². The number of hydrogen-bond donors (Lipinski definition) is 3. The highest BCUT2D eigenvalue weighted by Gasteiger charge is 2.37. The Balaban J connectivity index is 2.91. The maximum absolute atomic E-state index is 11.6. The molecule has 0 aromatic rings. The van der Waals surface area contributed by atoms with E-state index in [1.165, 1.54) is 7.05 Å². The summed E-state index contributed by atoms with van der Waals surface area (Å²) >= 11 is 5.03. The van der Waals surface area contributed by atoms with Crippen LogP contribution in [0.2, 0.25) is 0 Å². The smallest absolute Gasteiger partial charge is 0.277 e. The second kappa shape index (κ2) is 5.39. The quantitative estimate of drug-likeness (QED) is 0.508. The SMILES string of the molecule is CNS(=O)(=O)NC1(C(N)=S)CCCCCC1. The summed E-state index contributed by atoms with van der Waals surface area (Å²) in [6.45, 7) is 0. The van der Waals surface area contributed by atoms with Crippen LogP contribution in [0.1, 0.15) is 38.5 Å². The molecule has 16 heavy (non-hydrogen) atoms. The maximum atomic E-state index is 11.6. The molecular formula is C9H19N3O2S2. The molecule has 5 nitrogen and oxygen atoms in total. The van der Waals surface area contributed by atoms with Crippen molar-refractivity contribution in [3.05, 3.63) is 0 Å². The van der Waals surface area contributed by atoms with Crippen molar-refractivity contribution in [1.82, 2.24) is 9.44 Å². The minimum Gasteiger partial charge on any atom is -0.392 e. The number of nitrogens with two attached hydrogens (primary N) is 1. The summed E-state index contributed by atoms with van der Waals surface area (Å²) in [5.74, 6) is 0. The lowest BCUT2D eigenvalue weighted by molar-refractivity contribution is 0.438. The molecule has 0 atom stereocenters. The van der Waals surface area contributed by atoms with Crippen LogP contribution < -0.4 is 15.2 Å². The summed E-state index contributed by atoms with van der Waals surface area (Å²) in [6.07, 6.45) is 5.47. The van der Waals surface area contributed by atoms with Crippen LogP contribution in [0.25, 0.3) is 0 Å². The molecule has 1 rings (SSSR count). The zero-order valence-corrected chi connectivity index (χ0v) is 11.1. The van der Waals surface area contributed by atoms with Crippen LogP contribution in [0.5, 0.6) is 0 Å². The molecule has 7 heteroatoms. The molecular weight excluding hydrogens is 246 g/mol.